The van der Waals surface area contributed by atoms with E-state index in [-0.39, 0.29) is 12.1 Å². The molecule has 1 aliphatic rings. The van der Waals surface area contributed by atoms with Gasteiger partial charge in [0.25, 0.3) is 0 Å². The maximum absolute atomic E-state index is 12.3. The molecular formula is C27H36N2O5. The third-order valence-corrected chi connectivity index (χ3v) is 5.65. The average molecular weight is 469 g/mol. The Morgan fingerprint density at radius 1 is 1.06 bits per heavy atom. The maximum atomic E-state index is 12.3. The summed E-state index contributed by atoms with van der Waals surface area (Å²) in [7, 11) is 0. The molecule has 2 aromatic rings. The summed E-state index contributed by atoms with van der Waals surface area (Å²) in [5.41, 5.74) is 1.39. The van der Waals surface area contributed by atoms with Crippen LogP contribution in [-0.2, 0) is 16.1 Å². The molecule has 0 spiro atoms. The number of nitrogens with one attached hydrogen (secondary N) is 1. The predicted molar refractivity (Wildman–Crippen MR) is 131 cm³/mol. The summed E-state index contributed by atoms with van der Waals surface area (Å²) in [4.78, 5) is 26.2. The van der Waals surface area contributed by atoms with Crippen LogP contribution >= 0.6 is 0 Å². The van der Waals surface area contributed by atoms with E-state index in [1.807, 2.05) is 82.3 Å². The molecule has 0 unspecified atom stereocenters. The van der Waals surface area contributed by atoms with E-state index in [2.05, 4.69) is 5.32 Å². The SMILES string of the molecule is C[C@H](NC(=O)OC(C)(C)C)c1cccc(OCC2CCN(C(=O)OCc3ccccc3)CC2)c1. The monoisotopic (exact) mass is 468 g/mol. The standard InChI is InChI=1S/C27H36N2O5/c1-20(28-25(30)34-27(2,3)4)23-11-8-12-24(17-23)32-18-22-13-15-29(16-14-22)26(31)33-19-21-9-6-5-7-10-21/h5-12,17,20,22H,13-16,18-19H2,1-4H3,(H,28,30)/t20-/m0/s1. The summed E-state index contributed by atoms with van der Waals surface area (Å²) in [6.07, 6.45) is 1.04. The van der Waals surface area contributed by atoms with E-state index in [1.165, 1.54) is 0 Å². The van der Waals surface area contributed by atoms with Crippen molar-refractivity contribution in [2.75, 3.05) is 19.7 Å². The molecule has 2 amide bonds. The molecule has 2 aromatic carbocycles. The summed E-state index contributed by atoms with van der Waals surface area (Å²) in [6.45, 7) is 9.63. The minimum absolute atomic E-state index is 0.205. The number of carbonyl (C=O) groups excluding carboxylic acids is 2. The Kier molecular flexibility index (Phi) is 8.79. The van der Waals surface area contributed by atoms with Crippen LogP contribution in [-0.4, -0.2) is 42.4 Å². The zero-order valence-electron chi connectivity index (χ0n) is 20.6. The number of amides is 2. The van der Waals surface area contributed by atoms with Gasteiger partial charge in [-0.1, -0.05) is 42.5 Å². The van der Waals surface area contributed by atoms with Crippen LogP contribution in [0.4, 0.5) is 9.59 Å². The molecule has 1 saturated heterocycles. The van der Waals surface area contributed by atoms with Crippen LogP contribution < -0.4 is 10.1 Å². The highest BCUT2D eigenvalue weighted by atomic mass is 16.6. The first-order valence-corrected chi connectivity index (χ1v) is 11.9. The molecule has 3 rings (SSSR count). The van der Waals surface area contributed by atoms with Gasteiger partial charge in [0.05, 0.1) is 12.6 Å². The van der Waals surface area contributed by atoms with Gasteiger partial charge in [-0.3, -0.25) is 0 Å². The number of hydrogen-bond acceptors (Lipinski definition) is 5. The zero-order chi connectivity index (χ0) is 24.6. The lowest BCUT2D eigenvalue weighted by atomic mass is 9.98. The first kappa shape index (κ1) is 25.4. The Balaban J connectivity index is 1.40. The average Bonchev–Trinajstić information content (AvgIpc) is 2.81. The predicted octanol–water partition coefficient (Wildman–Crippen LogP) is 5.70. The molecule has 1 heterocycles. The molecule has 1 fully saturated rings. The summed E-state index contributed by atoms with van der Waals surface area (Å²) in [5, 5.41) is 2.86. The minimum atomic E-state index is -0.539. The smallest absolute Gasteiger partial charge is 0.410 e. The first-order valence-electron chi connectivity index (χ1n) is 11.9. The third-order valence-electron chi connectivity index (χ3n) is 5.65. The molecule has 0 aromatic heterocycles. The van der Waals surface area contributed by atoms with Gasteiger partial charge in [-0.2, -0.15) is 0 Å². The summed E-state index contributed by atoms with van der Waals surface area (Å²) in [5.74, 6) is 1.14. The van der Waals surface area contributed by atoms with Crippen LogP contribution in [0.25, 0.3) is 0 Å². The Labute approximate surface area is 202 Å². The van der Waals surface area contributed by atoms with E-state index in [0.29, 0.717) is 32.2 Å². The van der Waals surface area contributed by atoms with Crippen molar-refractivity contribution in [3.8, 4) is 5.75 Å². The Morgan fingerprint density at radius 2 is 1.76 bits per heavy atom. The highest BCUT2D eigenvalue weighted by Crippen LogP contribution is 2.23. The molecule has 0 aliphatic carbocycles. The van der Waals surface area contributed by atoms with Crippen molar-refractivity contribution in [3.63, 3.8) is 0 Å². The van der Waals surface area contributed by atoms with E-state index < -0.39 is 11.7 Å². The fraction of sp³-hybridized carbons (Fsp3) is 0.481. The van der Waals surface area contributed by atoms with Gasteiger partial charge in [-0.05, 0) is 69.7 Å². The fourth-order valence-corrected chi connectivity index (χ4v) is 3.75. The number of piperidine rings is 1. The molecule has 0 saturated carbocycles. The molecule has 1 aliphatic heterocycles. The molecule has 0 radical (unpaired) electrons. The fourth-order valence-electron chi connectivity index (χ4n) is 3.75. The molecule has 7 heteroatoms. The molecule has 1 atom stereocenters. The topological polar surface area (TPSA) is 77.1 Å². The van der Waals surface area contributed by atoms with Crippen molar-refractivity contribution in [2.24, 2.45) is 5.92 Å². The van der Waals surface area contributed by atoms with Crippen molar-refractivity contribution in [1.82, 2.24) is 10.2 Å². The van der Waals surface area contributed by atoms with Gasteiger partial charge in [0, 0.05) is 13.1 Å². The van der Waals surface area contributed by atoms with Gasteiger partial charge in [-0.15, -0.1) is 0 Å². The number of likely N-dealkylation sites (tertiary alicyclic amines) is 1. The molecule has 0 bridgehead atoms. The second kappa shape index (κ2) is 11.8. The summed E-state index contributed by atoms with van der Waals surface area (Å²) >= 11 is 0. The second-order valence-corrected chi connectivity index (χ2v) is 9.72. The highest BCUT2D eigenvalue weighted by Gasteiger charge is 2.24. The van der Waals surface area contributed by atoms with Crippen LogP contribution in [0, 0.1) is 5.92 Å². The summed E-state index contributed by atoms with van der Waals surface area (Å²) in [6, 6.07) is 17.2. The van der Waals surface area contributed by atoms with Crippen molar-refractivity contribution >= 4 is 12.2 Å². The van der Waals surface area contributed by atoms with Crippen LogP contribution in [0.2, 0.25) is 0 Å². The Bertz CT molecular complexity index is 934. The lowest BCUT2D eigenvalue weighted by Crippen LogP contribution is -2.40. The van der Waals surface area contributed by atoms with Crippen molar-refractivity contribution in [1.29, 1.82) is 0 Å². The van der Waals surface area contributed by atoms with E-state index in [9.17, 15) is 9.59 Å². The van der Waals surface area contributed by atoms with Crippen LogP contribution in [0.5, 0.6) is 5.75 Å². The van der Waals surface area contributed by atoms with E-state index in [4.69, 9.17) is 14.2 Å². The Morgan fingerprint density at radius 3 is 2.44 bits per heavy atom. The highest BCUT2D eigenvalue weighted by molar-refractivity contribution is 5.68. The van der Waals surface area contributed by atoms with Gasteiger partial charge in [0.1, 0.15) is 18.0 Å². The number of benzene rings is 2. The van der Waals surface area contributed by atoms with Crippen LogP contribution in [0.15, 0.2) is 54.6 Å². The molecule has 184 valence electrons. The van der Waals surface area contributed by atoms with Gasteiger partial charge in [0.15, 0.2) is 0 Å². The number of alkyl carbamates (subject to hydrolysis) is 1. The number of rotatable bonds is 7. The van der Waals surface area contributed by atoms with Crippen molar-refractivity contribution < 1.29 is 23.8 Å². The lowest BCUT2D eigenvalue weighted by molar-refractivity contribution is 0.0507. The van der Waals surface area contributed by atoms with Crippen LogP contribution in [0.3, 0.4) is 0 Å². The molecule has 7 nitrogen and oxygen atoms in total. The lowest BCUT2D eigenvalue weighted by Gasteiger charge is -2.31. The summed E-state index contributed by atoms with van der Waals surface area (Å²) < 4.78 is 16.8. The third kappa shape index (κ3) is 8.28. The zero-order valence-corrected chi connectivity index (χ0v) is 20.6. The van der Waals surface area contributed by atoms with Gasteiger partial charge in [0.2, 0.25) is 0 Å². The van der Waals surface area contributed by atoms with Crippen LogP contribution in [0.1, 0.15) is 57.7 Å². The van der Waals surface area contributed by atoms with Crippen molar-refractivity contribution in [3.05, 3.63) is 65.7 Å². The first-order chi connectivity index (χ1) is 16.2. The van der Waals surface area contributed by atoms with Gasteiger partial charge in [-0.25, -0.2) is 9.59 Å². The number of ether oxygens (including phenoxy) is 3. The molecular weight excluding hydrogens is 432 g/mol. The van der Waals surface area contributed by atoms with Gasteiger partial charge >= 0.3 is 12.2 Å². The maximum Gasteiger partial charge on any atom is 0.410 e. The largest absolute Gasteiger partial charge is 0.493 e. The minimum Gasteiger partial charge on any atom is -0.493 e. The molecule has 1 N–H and O–H groups in total. The molecule has 34 heavy (non-hydrogen) atoms. The van der Waals surface area contributed by atoms with E-state index >= 15 is 0 Å². The number of hydrogen-bond donors (Lipinski definition) is 1. The Hall–Kier alpha value is -3.22. The van der Waals surface area contributed by atoms with Crippen molar-refractivity contribution in [2.45, 2.75) is 58.8 Å². The number of carbonyl (C=O) groups is 2. The van der Waals surface area contributed by atoms with Gasteiger partial charge < -0.3 is 24.4 Å². The second-order valence-electron chi connectivity index (χ2n) is 9.72. The van der Waals surface area contributed by atoms with E-state index in [1.54, 1.807) is 4.90 Å². The quantitative estimate of drug-likeness (QED) is 0.564. The number of nitrogens with zero attached hydrogens (tertiary/aromatic N) is 1. The van der Waals surface area contributed by atoms with E-state index in [0.717, 1.165) is 29.7 Å². The normalized spacial score (nSPS) is 15.4.